The van der Waals surface area contributed by atoms with Crippen LogP contribution in [0.3, 0.4) is 0 Å². The highest BCUT2D eigenvalue weighted by molar-refractivity contribution is 6.31. The lowest BCUT2D eigenvalue weighted by atomic mass is 10.1. The molecule has 2 rings (SSSR count). The average Bonchev–Trinajstić information content (AvgIpc) is 2.36. The van der Waals surface area contributed by atoms with E-state index in [4.69, 9.17) is 27.9 Å². The van der Waals surface area contributed by atoms with Crippen molar-refractivity contribution in [2.45, 2.75) is 5.88 Å². The number of non-ortho nitro benzene ring substituents is 1. The molecule has 18 heavy (non-hydrogen) atoms. The van der Waals surface area contributed by atoms with Crippen molar-refractivity contribution in [3.63, 3.8) is 0 Å². The van der Waals surface area contributed by atoms with Crippen molar-refractivity contribution in [2.24, 2.45) is 0 Å². The maximum absolute atomic E-state index is 10.8. The zero-order valence-electron chi connectivity index (χ0n) is 9.31. The van der Waals surface area contributed by atoms with Gasteiger partial charge in [0, 0.05) is 17.0 Å². The van der Waals surface area contributed by atoms with Crippen molar-refractivity contribution < 1.29 is 9.66 Å². The van der Waals surface area contributed by atoms with Crippen LogP contribution in [-0.2, 0) is 5.88 Å². The minimum atomic E-state index is -0.489. The maximum Gasteiger partial charge on any atom is 0.273 e. The highest BCUT2D eigenvalue weighted by Gasteiger charge is 2.15. The van der Waals surface area contributed by atoms with Crippen LogP contribution in [0.1, 0.15) is 5.56 Å². The highest BCUT2D eigenvalue weighted by Crippen LogP contribution is 2.32. The molecule has 0 aliphatic rings. The van der Waals surface area contributed by atoms with E-state index in [9.17, 15) is 10.1 Å². The number of alkyl halides is 1. The Morgan fingerprint density at radius 1 is 1.44 bits per heavy atom. The Kier molecular flexibility index (Phi) is 3.54. The molecule has 1 aromatic carbocycles. The number of hydrogen-bond donors (Lipinski definition) is 0. The third-order valence-electron chi connectivity index (χ3n) is 2.47. The standard InChI is InChI=1S/C11H8Cl2N2O3/c1-18-9-4-8(15(16)17)3-6-2-7(5-12)11(13)14-10(6)9/h2-4H,5H2,1H3. The molecule has 0 bridgehead atoms. The van der Waals surface area contributed by atoms with Crippen molar-refractivity contribution in [3.8, 4) is 5.75 Å². The summed E-state index contributed by atoms with van der Waals surface area (Å²) >= 11 is 11.7. The first-order valence-electron chi connectivity index (χ1n) is 4.94. The largest absolute Gasteiger partial charge is 0.494 e. The van der Waals surface area contributed by atoms with Crippen LogP contribution in [0.15, 0.2) is 18.2 Å². The van der Waals surface area contributed by atoms with Crippen LogP contribution in [0.2, 0.25) is 5.15 Å². The lowest BCUT2D eigenvalue weighted by Crippen LogP contribution is -1.95. The summed E-state index contributed by atoms with van der Waals surface area (Å²) in [6, 6.07) is 4.40. The zero-order chi connectivity index (χ0) is 13.3. The molecule has 0 radical (unpaired) electrons. The smallest absolute Gasteiger partial charge is 0.273 e. The number of aromatic nitrogens is 1. The van der Waals surface area contributed by atoms with Crippen LogP contribution < -0.4 is 4.74 Å². The lowest BCUT2D eigenvalue weighted by Gasteiger charge is -2.07. The molecule has 0 N–H and O–H groups in total. The quantitative estimate of drug-likeness (QED) is 0.375. The van der Waals surface area contributed by atoms with E-state index < -0.39 is 4.92 Å². The minimum absolute atomic E-state index is 0.0657. The number of nitrogens with zero attached hydrogens (tertiary/aromatic N) is 2. The van der Waals surface area contributed by atoms with Crippen molar-refractivity contribution in [1.82, 2.24) is 4.98 Å². The summed E-state index contributed by atoms with van der Waals surface area (Å²) in [5, 5.41) is 11.7. The Labute approximate surface area is 112 Å². The molecular formula is C11H8Cl2N2O3. The summed E-state index contributed by atoms with van der Waals surface area (Å²) in [6.07, 6.45) is 0. The van der Waals surface area contributed by atoms with Gasteiger partial charge in [-0.3, -0.25) is 10.1 Å². The molecule has 0 saturated carbocycles. The van der Waals surface area contributed by atoms with Gasteiger partial charge in [-0.1, -0.05) is 11.6 Å². The summed E-state index contributed by atoms with van der Waals surface area (Å²) in [5.74, 6) is 0.495. The van der Waals surface area contributed by atoms with Gasteiger partial charge in [-0.15, -0.1) is 11.6 Å². The van der Waals surface area contributed by atoms with E-state index >= 15 is 0 Å². The van der Waals surface area contributed by atoms with Crippen LogP contribution in [0, 0.1) is 10.1 Å². The van der Waals surface area contributed by atoms with Crippen LogP contribution in [0.4, 0.5) is 5.69 Å². The highest BCUT2D eigenvalue weighted by atomic mass is 35.5. The fraction of sp³-hybridized carbons (Fsp3) is 0.182. The maximum atomic E-state index is 10.8. The fourth-order valence-electron chi connectivity index (χ4n) is 1.62. The summed E-state index contributed by atoms with van der Waals surface area (Å²) in [6.45, 7) is 0. The Bertz CT molecular complexity index is 631. The Morgan fingerprint density at radius 2 is 2.17 bits per heavy atom. The second-order valence-corrected chi connectivity index (χ2v) is 4.17. The van der Waals surface area contributed by atoms with E-state index in [1.54, 1.807) is 6.07 Å². The average molecular weight is 287 g/mol. The third-order valence-corrected chi connectivity index (χ3v) is 3.08. The van der Waals surface area contributed by atoms with Gasteiger partial charge in [0.25, 0.3) is 5.69 Å². The van der Waals surface area contributed by atoms with Gasteiger partial charge in [0.15, 0.2) is 5.75 Å². The zero-order valence-corrected chi connectivity index (χ0v) is 10.8. The van der Waals surface area contributed by atoms with E-state index in [1.807, 2.05) is 0 Å². The van der Waals surface area contributed by atoms with Crippen LogP contribution in [0.25, 0.3) is 10.9 Å². The normalized spacial score (nSPS) is 10.6. The molecule has 0 aliphatic carbocycles. The molecule has 94 valence electrons. The summed E-state index contributed by atoms with van der Waals surface area (Å²) in [4.78, 5) is 14.5. The lowest BCUT2D eigenvalue weighted by molar-refractivity contribution is -0.384. The number of methoxy groups -OCH3 is 1. The topological polar surface area (TPSA) is 65.3 Å². The van der Waals surface area contributed by atoms with E-state index in [1.165, 1.54) is 19.2 Å². The van der Waals surface area contributed by atoms with Gasteiger partial charge >= 0.3 is 0 Å². The fourth-order valence-corrected chi connectivity index (χ4v) is 2.09. The Balaban J connectivity index is 2.79. The Hall–Kier alpha value is -1.59. The van der Waals surface area contributed by atoms with Crippen molar-refractivity contribution in [3.05, 3.63) is 39.0 Å². The number of ether oxygens (including phenoxy) is 1. The monoisotopic (exact) mass is 286 g/mol. The molecule has 0 aliphatic heterocycles. The van der Waals surface area contributed by atoms with Crippen LogP contribution in [-0.4, -0.2) is 17.0 Å². The predicted molar refractivity (Wildman–Crippen MR) is 69.5 cm³/mol. The molecule has 5 nitrogen and oxygen atoms in total. The molecule has 0 fully saturated rings. The molecule has 0 amide bonds. The van der Waals surface area contributed by atoms with Gasteiger partial charge in [-0.05, 0) is 6.07 Å². The number of rotatable bonds is 3. The number of benzene rings is 1. The Morgan fingerprint density at radius 3 is 2.72 bits per heavy atom. The number of nitro benzene ring substituents is 1. The number of pyridine rings is 1. The second kappa shape index (κ2) is 4.96. The van der Waals surface area contributed by atoms with Crippen LogP contribution >= 0.6 is 23.2 Å². The van der Waals surface area contributed by atoms with Gasteiger partial charge in [0.2, 0.25) is 0 Å². The molecule has 2 aromatic rings. The van der Waals surface area contributed by atoms with Crippen molar-refractivity contribution in [2.75, 3.05) is 7.11 Å². The predicted octanol–water partition coefficient (Wildman–Crippen LogP) is 3.54. The molecular weight excluding hydrogens is 279 g/mol. The number of halogens is 2. The van der Waals surface area contributed by atoms with Crippen molar-refractivity contribution >= 4 is 39.8 Å². The SMILES string of the molecule is COc1cc([N+](=O)[O-])cc2cc(CCl)c(Cl)nc12. The van der Waals surface area contributed by atoms with E-state index in [0.717, 1.165) is 0 Å². The molecule has 0 spiro atoms. The van der Waals surface area contributed by atoms with Crippen molar-refractivity contribution in [1.29, 1.82) is 0 Å². The molecule has 0 atom stereocenters. The summed E-state index contributed by atoms with van der Waals surface area (Å²) in [5.41, 5.74) is 1.03. The molecule has 7 heteroatoms. The van der Waals surface area contributed by atoms with Crippen LogP contribution in [0.5, 0.6) is 5.75 Å². The second-order valence-electron chi connectivity index (χ2n) is 3.55. The van der Waals surface area contributed by atoms with Gasteiger partial charge in [0.1, 0.15) is 10.7 Å². The number of fused-ring (bicyclic) bond motifs is 1. The summed E-state index contributed by atoms with van der Waals surface area (Å²) in [7, 11) is 1.42. The van der Waals surface area contributed by atoms with Gasteiger partial charge in [-0.2, -0.15) is 0 Å². The number of nitro groups is 1. The van der Waals surface area contributed by atoms with Gasteiger partial charge < -0.3 is 4.74 Å². The van der Waals surface area contributed by atoms with E-state index in [0.29, 0.717) is 22.2 Å². The third kappa shape index (κ3) is 2.19. The number of hydrogen-bond acceptors (Lipinski definition) is 4. The molecule has 0 unspecified atom stereocenters. The van der Waals surface area contributed by atoms with Gasteiger partial charge in [-0.25, -0.2) is 4.98 Å². The minimum Gasteiger partial charge on any atom is -0.494 e. The molecule has 1 heterocycles. The van der Waals surface area contributed by atoms with Gasteiger partial charge in [0.05, 0.1) is 24.0 Å². The summed E-state index contributed by atoms with van der Waals surface area (Å²) < 4.78 is 5.09. The first kappa shape index (κ1) is 12.9. The van der Waals surface area contributed by atoms with E-state index in [-0.39, 0.29) is 16.7 Å². The molecule has 1 aromatic heterocycles. The first-order chi connectivity index (χ1) is 8.56. The van der Waals surface area contributed by atoms with E-state index in [2.05, 4.69) is 4.98 Å². The first-order valence-corrected chi connectivity index (χ1v) is 5.85. The molecule has 0 saturated heterocycles.